The average Bonchev–Trinajstić information content (AvgIpc) is 2.72. The lowest BCUT2D eigenvalue weighted by molar-refractivity contribution is -0.137. The maximum atomic E-state index is 13.2. The zero-order valence-corrected chi connectivity index (χ0v) is 15.0. The number of fused-ring (bicyclic) bond motifs is 1. The minimum Gasteiger partial charge on any atom is -0.268 e. The molecule has 0 saturated carbocycles. The third-order valence-electron chi connectivity index (χ3n) is 4.63. The van der Waals surface area contributed by atoms with Crippen LogP contribution in [0.1, 0.15) is 27.0 Å². The van der Waals surface area contributed by atoms with Crippen LogP contribution in [0.15, 0.2) is 78.9 Å². The Morgan fingerprint density at radius 2 is 1.38 bits per heavy atom. The van der Waals surface area contributed by atoms with Crippen molar-refractivity contribution in [3.8, 4) is 0 Å². The predicted molar refractivity (Wildman–Crippen MR) is 104 cm³/mol. The lowest BCUT2D eigenvalue weighted by Crippen LogP contribution is -2.41. The van der Waals surface area contributed by atoms with Crippen molar-refractivity contribution in [3.63, 3.8) is 0 Å². The summed E-state index contributed by atoms with van der Waals surface area (Å²) in [7, 11) is 0. The highest BCUT2D eigenvalue weighted by Gasteiger charge is 2.37. The van der Waals surface area contributed by atoms with E-state index in [0.717, 1.165) is 22.6 Å². The molecule has 0 fully saturated rings. The number of carbonyl (C=O) groups is 2. The van der Waals surface area contributed by atoms with E-state index in [9.17, 15) is 22.8 Å². The lowest BCUT2D eigenvalue weighted by Gasteiger charge is -2.29. The van der Waals surface area contributed by atoms with Gasteiger partial charge in [-0.3, -0.25) is 9.59 Å². The first kappa shape index (κ1) is 18.7. The normalized spacial score (nSPS) is 15.6. The van der Waals surface area contributed by atoms with Gasteiger partial charge in [-0.25, -0.2) is 4.90 Å². The average molecular weight is 393 g/mol. The second-order valence-electron chi connectivity index (χ2n) is 6.51. The van der Waals surface area contributed by atoms with E-state index in [1.807, 2.05) is 6.07 Å². The summed E-state index contributed by atoms with van der Waals surface area (Å²) in [6, 6.07) is 19.8. The largest absolute Gasteiger partial charge is 0.416 e. The molecule has 1 aliphatic rings. The Morgan fingerprint density at radius 1 is 0.724 bits per heavy atom. The van der Waals surface area contributed by atoms with Crippen molar-refractivity contribution < 1.29 is 22.8 Å². The molecule has 4 rings (SSSR count). The minimum atomic E-state index is -4.58. The number of alkyl halides is 3. The third kappa shape index (κ3) is 3.45. The summed E-state index contributed by atoms with van der Waals surface area (Å²) in [5.74, 6) is -1.33. The van der Waals surface area contributed by atoms with Crippen LogP contribution in [0.3, 0.4) is 0 Å². The molecule has 2 amide bonds. The van der Waals surface area contributed by atoms with E-state index in [0.29, 0.717) is 5.56 Å². The Kier molecular flexibility index (Phi) is 4.54. The fourth-order valence-electron chi connectivity index (χ4n) is 3.26. The molecule has 3 aromatic rings. The van der Waals surface area contributed by atoms with Gasteiger partial charge in [-0.2, -0.15) is 13.2 Å². The van der Waals surface area contributed by atoms with Crippen molar-refractivity contribution in [1.82, 2.24) is 0 Å². The Bertz CT molecular complexity index is 1130. The van der Waals surface area contributed by atoms with E-state index >= 15 is 0 Å². The first-order valence-corrected chi connectivity index (χ1v) is 8.78. The smallest absolute Gasteiger partial charge is 0.268 e. The fourth-order valence-corrected chi connectivity index (χ4v) is 3.26. The predicted octanol–water partition coefficient (Wildman–Crippen LogP) is 5.43. The molecule has 0 radical (unpaired) electrons. The van der Waals surface area contributed by atoms with Crippen LogP contribution in [0.25, 0.3) is 11.6 Å². The zero-order chi connectivity index (χ0) is 20.6. The van der Waals surface area contributed by atoms with Crippen LogP contribution in [0.4, 0.5) is 18.9 Å². The van der Waals surface area contributed by atoms with Gasteiger partial charge in [-0.15, -0.1) is 0 Å². The number of anilines is 1. The summed E-state index contributed by atoms with van der Waals surface area (Å²) in [6.45, 7) is 0. The Morgan fingerprint density at radius 3 is 2.07 bits per heavy atom. The molecule has 0 spiro atoms. The van der Waals surface area contributed by atoms with E-state index in [4.69, 9.17) is 0 Å². The van der Waals surface area contributed by atoms with Gasteiger partial charge in [0.05, 0.1) is 11.3 Å². The van der Waals surface area contributed by atoms with Gasteiger partial charge in [0, 0.05) is 11.1 Å². The minimum absolute atomic E-state index is 0.122. The number of halogens is 3. The number of carbonyl (C=O) groups excluding carboxylic acids is 2. The Labute approximate surface area is 164 Å². The van der Waals surface area contributed by atoms with Gasteiger partial charge in [-0.05, 0) is 41.5 Å². The van der Waals surface area contributed by atoms with Crippen LogP contribution in [0.2, 0.25) is 0 Å². The molecule has 1 heterocycles. The quantitative estimate of drug-likeness (QED) is 0.430. The topological polar surface area (TPSA) is 37.4 Å². The second-order valence-corrected chi connectivity index (χ2v) is 6.51. The third-order valence-corrected chi connectivity index (χ3v) is 4.63. The molecule has 3 aromatic carbocycles. The van der Waals surface area contributed by atoms with Crippen molar-refractivity contribution in [1.29, 1.82) is 0 Å². The summed E-state index contributed by atoms with van der Waals surface area (Å²) in [5.41, 5.74) is 0.639. The number of amides is 2. The molecule has 6 heteroatoms. The van der Waals surface area contributed by atoms with Crippen LogP contribution in [0.5, 0.6) is 0 Å². The monoisotopic (exact) mass is 393 g/mol. The molecule has 0 saturated heterocycles. The Hall–Kier alpha value is -3.67. The number of hydrogen-bond acceptors (Lipinski definition) is 2. The molecule has 144 valence electrons. The van der Waals surface area contributed by atoms with Gasteiger partial charge < -0.3 is 0 Å². The molecule has 0 unspecified atom stereocenters. The summed E-state index contributed by atoms with van der Waals surface area (Å²) in [6.07, 6.45) is -2.95. The van der Waals surface area contributed by atoms with Crippen molar-refractivity contribution in [2.75, 3.05) is 4.90 Å². The number of nitrogens with zero attached hydrogens (tertiary/aromatic N) is 1. The van der Waals surface area contributed by atoms with Gasteiger partial charge in [0.2, 0.25) is 0 Å². The molecule has 1 aliphatic heterocycles. The molecular formula is C23H14F3NO2. The van der Waals surface area contributed by atoms with Gasteiger partial charge >= 0.3 is 6.18 Å². The van der Waals surface area contributed by atoms with Crippen LogP contribution in [0, 0.1) is 0 Å². The molecule has 3 nitrogen and oxygen atoms in total. The fraction of sp³-hybridized carbons (Fsp3) is 0.0435. The van der Waals surface area contributed by atoms with Gasteiger partial charge in [0.1, 0.15) is 0 Å². The van der Waals surface area contributed by atoms with Crippen LogP contribution in [-0.2, 0) is 11.0 Å². The van der Waals surface area contributed by atoms with E-state index in [1.54, 1.807) is 54.6 Å². The van der Waals surface area contributed by atoms with Crippen LogP contribution >= 0.6 is 0 Å². The number of hydrogen-bond donors (Lipinski definition) is 0. The molecule has 29 heavy (non-hydrogen) atoms. The second kappa shape index (κ2) is 7.05. The summed E-state index contributed by atoms with van der Waals surface area (Å²) in [5, 5.41) is 0. The summed E-state index contributed by atoms with van der Waals surface area (Å²) < 4.78 is 39.4. The van der Waals surface area contributed by atoms with Crippen LogP contribution < -0.4 is 4.90 Å². The highest BCUT2D eigenvalue weighted by Crippen LogP contribution is 2.36. The number of rotatable bonds is 2. The van der Waals surface area contributed by atoms with Crippen molar-refractivity contribution >= 4 is 29.2 Å². The molecule has 0 atom stereocenters. The molecule has 0 aromatic heterocycles. The maximum absolute atomic E-state index is 13.2. The lowest BCUT2D eigenvalue weighted by atomic mass is 9.91. The highest BCUT2D eigenvalue weighted by molar-refractivity contribution is 6.43. The molecule has 0 bridgehead atoms. The van der Waals surface area contributed by atoms with Crippen LogP contribution in [-0.4, -0.2) is 11.8 Å². The maximum Gasteiger partial charge on any atom is 0.416 e. The van der Waals surface area contributed by atoms with Crippen molar-refractivity contribution in [3.05, 3.63) is 101 Å². The number of benzene rings is 3. The van der Waals surface area contributed by atoms with Gasteiger partial charge in [0.25, 0.3) is 11.8 Å². The van der Waals surface area contributed by atoms with E-state index in [1.165, 1.54) is 12.1 Å². The van der Waals surface area contributed by atoms with Crippen molar-refractivity contribution in [2.24, 2.45) is 0 Å². The van der Waals surface area contributed by atoms with E-state index < -0.39 is 23.6 Å². The standard InChI is InChI=1S/C23H14F3NO2/c24-23(25,26)16-9-6-10-17(14-16)27-21(28)19-12-5-4-11-18(19)20(22(27)29)13-15-7-2-1-3-8-15/h1-14H/b20-13-. The van der Waals surface area contributed by atoms with E-state index in [2.05, 4.69) is 0 Å². The van der Waals surface area contributed by atoms with Crippen molar-refractivity contribution in [2.45, 2.75) is 6.18 Å². The highest BCUT2D eigenvalue weighted by atomic mass is 19.4. The zero-order valence-electron chi connectivity index (χ0n) is 15.0. The first-order valence-electron chi connectivity index (χ1n) is 8.78. The van der Waals surface area contributed by atoms with Gasteiger partial charge in [-0.1, -0.05) is 54.6 Å². The summed E-state index contributed by atoms with van der Waals surface area (Å²) >= 11 is 0. The Balaban J connectivity index is 1.89. The van der Waals surface area contributed by atoms with Gasteiger partial charge in [0.15, 0.2) is 0 Å². The summed E-state index contributed by atoms with van der Waals surface area (Å²) in [4.78, 5) is 27.0. The number of imide groups is 1. The molecule has 0 aliphatic carbocycles. The molecular weight excluding hydrogens is 379 g/mol. The van der Waals surface area contributed by atoms with E-state index in [-0.39, 0.29) is 16.8 Å². The first-order chi connectivity index (χ1) is 13.9. The SMILES string of the molecule is O=C1/C(=C\c2ccccc2)c2ccccc2C(=O)N1c1cccc(C(F)(F)F)c1. The molecule has 0 N–H and O–H groups in total.